The summed E-state index contributed by atoms with van der Waals surface area (Å²) < 4.78 is 38.8. The highest BCUT2D eigenvalue weighted by molar-refractivity contribution is 7.80. The Hall–Kier alpha value is -2.32. The number of aromatic amines is 1. The molecule has 9 heteroatoms. The smallest absolute Gasteiger partial charge is 0.349 e. The predicted molar refractivity (Wildman–Crippen MR) is 112 cm³/mol. The van der Waals surface area contributed by atoms with E-state index in [-0.39, 0.29) is 10.7 Å². The molecule has 1 saturated heterocycles. The number of rotatable bonds is 2. The maximum absolute atomic E-state index is 12.9. The molecule has 29 heavy (non-hydrogen) atoms. The minimum absolute atomic E-state index is 0.158. The third-order valence-corrected chi connectivity index (χ3v) is 5.80. The highest BCUT2D eigenvalue weighted by atomic mass is 35.5. The van der Waals surface area contributed by atoms with Gasteiger partial charge in [0.05, 0.1) is 27.3 Å². The van der Waals surface area contributed by atoms with Crippen LogP contribution in [0.2, 0.25) is 5.02 Å². The second kappa shape index (κ2) is 7.84. The normalized spacial score (nSPS) is 15.7. The molecule has 0 atom stereocenters. The highest BCUT2D eigenvalue weighted by Crippen LogP contribution is 2.34. The van der Waals surface area contributed by atoms with E-state index < -0.39 is 11.7 Å². The number of alkyl halides is 3. The number of hydrogen-bond donors (Lipinski definition) is 2. The highest BCUT2D eigenvalue weighted by Gasteiger charge is 2.31. The number of nitrogens with zero attached hydrogens (tertiary/aromatic N) is 2. The zero-order valence-electron chi connectivity index (χ0n) is 15.3. The number of H-pyrrole nitrogens is 1. The first-order valence-corrected chi connectivity index (χ1v) is 9.97. The van der Waals surface area contributed by atoms with E-state index in [9.17, 15) is 13.2 Å². The topological polar surface area (TPSA) is 44.0 Å². The number of para-hydroxylation sites is 2. The second-order valence-electron chi connectivity index (χ2n) is 7.02. The van der Waals surface area contributed by atoms with Crippen molar-refractivity contribution in [3.05, 3.63) is 58.9 Å². The molecular formula is C20H18ClF3N4S. The lowest BCUT2D eigenvalue weighted by Gasteiger charge is -2.33. The fourth-order valence-corrected chi connectivity index (χ4v) is 3.97. The number of imidazole rings is 1. The number of fused-ring (bicyclic) bond motifs is 1. The molecule has 2 N–H and O–H groups in total. The third-order valence-electron chi connectivity index (χ3n) is 5.11. The van der Waals surface area contributed by atoms with Gasteiger partial charge in [0, 0.05) is 19.0 Å². The van der Waals surface area contributed by atoms with Crippen molar-refractivity contribution in [2.75, 3.05) is 18.4 Å². The summed E-state index contributed by atoms with van der Waals surface area (Å²) >= 11 is 11.5. The average Bonchev–Trinajstić information content (AvgIpc) is 3.13. The van der Waals surface area contributed by atoms with E-state index in [0.717, 1.165) is 41.8 Å². The van der Waals surface area contributed by atoms with Crippen LogP contribution in [0, 0.1) is 0 Å². The summed E-state index contributed by atoms with van der Waals surface area (Å²) in [6.07, 6.45) is -2.75. The number of nitrogens with one attached hydrogen (secondary N) is 2. The largest absolute Gasteiger partial charge is 0.416 e. The van der Waals surface area contributed by atoms with Crippen LogP contribution in [0.1, 0.15) is 30.1 Å². The fraction of sp³-hybridized carbons (Fsp3) is 0.300. The van der Waals surface area contributed by atoms with Gasteiger partial charge < -0.3 is 15.2 Å². The lowest BCUT2D eigenvalue weighted by molar-refractivity contribution is -0.137. The molecule has 0 bridgehead atoms. The Morgan fingerprint density at radius 3 is 2.59 bits per heavy atom. The van der Waals surface area contributed by atoms with Gasteiger partial charge in [0.25, 0.3) is 0 Å². The van der Waals surface area contributed by atoms with E-state index in [1.807, 2.05) is 29.2 Å². The summed E-state index contributed by atoms with van der Waals surface area (Å²) in [5.74, 6) is 1.25. The average molecular weight is 439 g/mol. The predicted octanol–water partition coefficient (Wildman–Crippen LogP) is 5.81. The monoisotopic (exact) mass is 438 g/mol. The Kier molecular flexibility index (Phi) is 5.40. The van der Waals surface area contributed by atoms with E-state index in [2.05, 4.69) is 15.3 Å². The van der Waals surface area contributed by atoms with E-state index in [4.69, 9.17) is 23.8 Å². The first-order chi connectivity index (χ1) is 13.8. The molecule has 0 spiro atoms. The van der Waals surface area contributed by atoms with E-state index in [0.29, 0.717) is 24.1 Å². The van der Waals surface area contributed by atoms with Crippen LogP contribution in [0.15, 0.2) is 42.5 Å². The van der Waals surface area contributed by atoms with Crippen molar-refractivity contribution in [2.45, 2.75) is 24.9 Å². The molecule has 3 aromatic rings. The molecule has 0 amide bonds. The summed E-state index contributed by atoms with van der Waals surface area (Å²) in [7, 11) is 0. The molecule has 1 aliphatic rings. The Bertz CT molecular complexity index is 1010. The molecule has 4 nitrogen and oxygen atoms in total. The number of hydrogen-bond acceptors (Lipinski definition) is 2. The van der Waals surface area contributed by atoms with Crippen molar-refractivity contribution in [3.63, 3.8) is 0 Å². The van der Waals surface area contributed by atoms with Gasteiger partial charge in [-0.25, -0.2) is 4.98 Å². The van der Waals surface area contributed by atoms with Gasteiger partial charge in [-0.15, -0.1) is 0 Å². The van der Waals surface area contributed by atoms with Crippen molar-refractivity contribution in [2.24, 2.45) is 0 Å². The van der Waals surface area contributed by atoms with Gasteiger partial charge in [-0.2, -0.15) is 13.2 Å². The number of likely N-dealkylation sites (tertiary alicyclic amines) is 1. The number of thiocarbonyl (C=S) groups is 1. The molecule has 4 rings (SSSR count). The van der Waals surface area contributed by atoms with Crippen LogP contribution in [0.4, 0.5) is 18.9 Å². The van der Waals surface area contributed by atoms with Gasteiger partial charge in [0.1, 0.15) is 5.82 Å². The van der Waals surface area contributed by atoms with Crippen molar-refractivity contribution in [1.82, 2.24) is 14.9 Å². The number of aromatic nitrogens is 2. The molecule has 2 heterocycles. The van der Waals surface area contributed by atoms with E-state index in [1.54, 1.807) is 0 Å². The second-order valence-corrected chi connectivity index (χ2v) is 7.82. The van der Waals surface area contributed by atoms with E-state index >= 15 is 0 Å². The molecule has 1 aliphatic heterocycles. The minimum atomic E-state index is -4.44. The maximum Gasteiger partial charge on any atom is 0.416 e. The standard InChI is InChI=1S/C20H18ClF3N4S/c21-14-6-5-13(20(22,23)24)11-17(14)27-19(29)28-9-7-12(8-10-28)18-25-15-3-1-2-4-16(15)26-18/h1-6,11-12H,7-10H2,(H,25,26)(H,27,29). The van der Waals surface area contributed by atoms with E-state index in [1.165, 1.54) is 6.07 Å². The fourth-order valence-electron chi connectivity index (χ4n) is 3.51. The Morgan fingerprint density at radius 1 is 1.17 bits per heavy atom. The number of piperidine rings is 1. The van der Waals surface area contributed by atoms with Crippen LogP contribution >= 0.6 is 23.8 Å². The van der Waals surface area contributed by atoms with Crippen molar-refractivity contribution < 1.29 is 13.2 Å². The summed E-state index contributed by atoms with van der Waals surface area (Å²) in [4.78, 5) is 10.00. The summed E-state index contributed by atoms with van der Waals surface area (Å²) in [5, 5.41) is 3.43. The molecule has 0 aliphatic carbocycles. The summed E-state index contributed by atoms with van der Waals surface area (Å²) in [6.45, 7) is 1.37. The SMILES string of the molecule is FC(F)(F)c1ccc(Cl)c(NC(=S)N2CCC(c3nc4ccccc4[nH]3)CC2)c1. The van der Waals surface area contributed by atoms with Gasteiger partial charge in [0.15, 0.2) is 5.11 Å². The van der Waals surface area contributed by atoms with Gasteiger partial charge >= 0.3 is 6.18 Å². The van der Waals surface area contributed by atoms with Crippen molar-refractivity contribution >= 4 is 45.7 Å². The van der Waals surface area contributed by atoms with Gasteiger partial charge in [-0.05, 0) is 55.4 Å². The van der Waals surface area contributed by atoms with Crippen LogP contribution in [-0.4, -0.2) is 33.1 Å². The summed E-state index contributed by atoms with van der Waals surface area (Å²) in [6, 6.07) is 11.1. The van der Waals surface area contributed by atoms with Crippen molar-refractivity contribution in [1.29, 1.82) is 0 Å². The molecule has 0 unspecified atom stereocenters. The first kappa shape index (κ1) is 20.0. The lowest BCUT2D eigenvalue weighted by Crippen LogP contribution is -2.40. The third kappa shape index (κ3) is 4.33. The minimum Gasteiger partial charge on any atom is -0.349 e. The van der Waals surface area contributed by atoms with Gasteiger partial charge in [-0.3, -0.25) is 0 Å². The number of benzene rings is 2. The molecular weight excluding hydrogens is 421 g/mol. The molecule has 2 aromatic carbocycles. The Labute approximate surface area is 176 Å². The maximum atomic E-state index is 12.9. The molecule has 0 radical (unpaired) electrons. The van der Waals surface area contributed by atoms with Crippen LogP contribution < -0.4 is 5.32 Å². The molecule has 152 valence electrons. The quantitative estimate of drug-likeness (QED) is 0.495. The first-order valence-electron chi connectivity index (χ1n) is 9.18. The number of halogens is 4. The zero-order chi connectivity index (χ0) is 20.6. The lowest BCUT2D eigenvalue weighted by atomic mass is 9.96. The summed E-state index contributed by atoms with van der Waals surface area (Å²) in [5.41, 5.74) is 1.35. The molecule has 1 fully saturated rings. The van der Waals surface area contributed by atoms with Crippen LogP contribution in [0.3, 0.4) is 0 Å². The van der Waals surface area contributed by atoms with Crippen LogP contribution in [0.5, 0.6) is 0 Å². The Morgan fingerprint density at radius 2 is 1.90 bits per heavy atom. The van der Waals surface area contributed by atoms with Gasteiger partial charge in [0.2, 0.25) is 0 Å². The Balaban J connectivity index is 1.40. The molecule has 0 saturated carbocycles. The number of anilines is 1. The molecule has 1 aromatic heterocycles. The van der Waals surface area contributed by atoms with Gasteiger partial charge in [-0.1, -0.05) is 23.7 Å². The van der Waals surface area contributed by atoms with Crippen LogP contribution in [0.25, 0.3) is 11.0 Å². The zero-order valence-corrected chi connectivity index (χ0v) is 16.8. The van der Waals surface area contributed by atoms with Crippen LogP contribution in [-0.2, 0) is 6.18 Å². The van der Waals surface area contributed by atoms with Crippen molar-refractivity contribution in [3.8, 4) is 0 Å².